The summed E-state index contributed by atoms with van der Waals surface area (Å²) >= 11 is 0. The molecule has 0 saturated carbocycles. The van der Waals surface area contributed by atoms with Crippen molar-refractivity contribution < 1.29 is 9.85 Å². The van der Waals surface area contributed by atoms with Crippen molar-refractivity contribution in [2.75, 3.05) is 0 Å². The van der Waals surface area contributed by atoms with Gasteiger partial charge in [0, 0.05) is 11.6 Å². The SMILES string of the molecule is O=[N+]([O-])c1cccc(CCc2cccc3ccccc23)c1[N+](=O)[O-]. The third-order valence-electron chi connectivity index (χ3n) is 4.02. The Morgan fingerprint density at radius 1 is 0.708 bits per heavy atom. The molecule has 0 unspecified atom stereocenters. The van der Waals surface area contributed by atoms with Crippen LogP contribution in [0.4, 0.5) is 11.4 Å². The van der Waals surface area contributed by atoms with E-state index in [1.165, 1.54) is 12.1 Å². The topological polar surface area (TPSA) is 86.3 Å². The molecule has 6 nitrogen and oxygen atoms in total. The van der Waals surface area contributed by atoms with Gasteiger partial charge in [0.05, 0.1) is 9.85 Å². The van der Waals surface area contributed by atoms with Crippen molar-refractivity contribution in [2.24, 2.45) is 0 Å². The van der Waals surface area contributed by atoms with Crippen LogP contribution in [0.5, 0.6) is 0 Å². The second kappa shape index (κ2) is 6.45. The van der Waals surface area contributed by atoms with Crippen LogP contribution in [0.15, 0.2) is 60.7 Å². The van der Waals surface area contributed by atoms with Crippen LogP contribution in [0, 0.1) is 20.2 Å². The molecule has 6 heteroatoms. The third-order valence-corrected chi connectivity index (χ3v) is 4.02. The zero-order chi connectivity index (χ0) is 17.1. The number of para-hydroxylation sites is 1. The lowest BCUT2D eigenvalue weighted by molar-refractivity contribution is -0.423. The Morgan fingerprint density at radius 2 is 1.33 bits per heavy atom. The molecule has 0 heterocycles. The molecule has 0 aliphatic carbocycles. The van der Waals surface area contributed by atoms with Gasteiger partial charge < -0.3 is 0 Å². The molecular formula is C18H14N2O4. The van der Waals surface area contributed by atoms with Crippen molar-refractivity contribution in [3.8, 4) is 0 Å². The monoisotopic (exact) mass is 322 g/mol. The van der Waals surface area contributed by atoms with Crippen LogP contribution >= 0.6 is 0 Å². The third kappa shape index (κ3) is 2.94. The molecule has 3 rings (SSSR count). The summed E-state index contributed by atoms with van der Waals surface area (Å²) in [6.07, 6.45) is 0.940. The molecule has 0 aliphatic heterocycles. The number of nitrogens with zero attached hydrogens (tertiary/aromatic N) is 2. The normalized spacial score (nSPS) is 10.7. The van der Waals surface area contributed by atoms with E-state index in [2.05, 4.69) is 0 Å². The molecule has 0 spiro atoms. The number of hydrogen-bond donors (Lipinski definition) is 0. The lowest BCUT2D eigenvalue weighted by Crippen LogP contribution is -2.02. The maximum Gasteiger partial charge on any atom is 0.349 e. The van der Waals surface area contributed by atoms with Gasteiger partial charge in [-0.05, 0) is 29.2 Å². The van der Waals surface area contributed by atoms with Gasteiger partial charge in [0.2, 0.25) is 0 Å². The largest absolute Gasteiger partial charge is 0.349 e. The van der Waals surface area contributed by atoms with Crippen molar-refractivity contribution in [1.29, 1.82) is 0 Å². The predicted octanol–water partition coefficient (Wildman–Crippen LogP) is 4.44. The summed E-state index contributed by atoms with van der Waals surface area (Å²) < 4.78 is 0. The average molecular weight is 322 g/mol. The van der Waals surface area contributed by atoms with Crippen molar-refractivity contribution >= 4 is 22.1 Å². The Bertz CT molecular complexity index is 932. The van der Waals surface area contributed by atoms with Gasteiger partial charge in [0.1, 0.15) is 0 Å². The second-order valence-electron chi connectivity index (χ2n) is 5.44. The molecule has 0 amide bonds. The van der Waals surface area contributed by atoms with Crippen LogP contribution in [0.25, 0.3) is 10.8 Å². The van der Waals surface area contributed by atoms with Gasteiger partial charge in [-0.25, -0.2) is 0 Å². The highest BCUT2D eigenvalue weighted by Crippen LogP contribution is 2.31. The first-order chi connectivity index (χ1) is 11.6. The van der Waals surface area contributed by atoms with E-state index in [-0.39, 0.29) is 0 Å². The van der Waals surface area contributed by atoms with E-state index < -0.39 is 21.2 Å². The molecule has 0 atom stereocenters. The molecule has 120 valence electrons. The molecule has 3 aromatic carbocycles. The molecule has 0 radical (unpaired) electrons. The fraction of sp³-hybridized carbons (Fsp3) is 0.111. The van der Waals surface area contributed by atoms with Crippen LogP contribution in [-0.4, -0.2) is 9.85 Å². The number of fused-ring (bicyclic) bond motifs is 1. The van der Waals surface area contributed by atoms with E-state index in [4.69, 9.17) is 0 Å². The van der Waals surface area contributed by atoms with Crippen LogP contribution < -0.4 is 0 Å². The van der Waals surface area contributed by atoms with Crippen molar-refractivity contribution in [3.63, 3.8) is 0 Å². The molecule has 3 aromatic rings. The molecule has 0 aromatic heterocycles. The fourth-order valence-electron chi connectivity index (χ4n) is 2.92. The highest BCUT2D eigenvalue weighted by Gasteiger charge is 2.27. The Kier molecular flexibility index (Phi) is 4.20. The van der Waals surface area contributed by atoms with Crippen LogP contribution in [0.3, 0.4) is 0 Å². The quantitative estimate of drug-likeness (QED) is 0.513. The summed E-state index contributed by atoms with van der Waals surface area (Å²) in [4.78, 5) is 20.9. The summed E-state index contributed by atoms with van der Waals surface area (Å²) in [6.45, 7) is 0. The number of rotatable bonds is 5. The standard InChI is InChI=1S/C18H14N2O4/c21-19(22)17-10-4-8-15(18(17)20(23)24)12-11-14-7-3-6-13-5-1-2-9-16(13)14/h1-10H,11-12H2. The van der Waals surface area contributed by atoms with E-state index in [9.17, 15) is 20.2 Å². The smallest absolute Gasteiger partial charge is 0.258 e. The molecule has 0 fully saturated rings. The van der Waals surface area contributed by atoms with Gasteiger partial charge >= 0.3 is 11.4 Å². The fourth-order valence-corrected chi connectivity index (χ4v) is 2.92. The van der Waals surface area contributed by atoms with Gasteiger partial charge in [0.15, 0.2) is 0 Å². The van der Waals surface area contributed by atoms with Gasteiger partial charge in [-0.2, -0.15) is 0 Å². The Labute approximate surface area is 137 Å². The predicted molar refractivity (Wildman–Crippen MR) is 91.1 cm³/mol. The first-order valence-electron chi connectivity index (χ1n) is 7.45. The van der Waals surface area contributed by atoms with Gasteiger partial charge in [-0.1, -0.05) is 54.6 Å². The van der Waals surface area contributed by atoms with Crippen LogP contribution in [0.1, 0.15) is 11.1 Å². The van der Waals surface area contributed by atoms with Crippen molar-refractivity contribution in [3.05, 3.63) is 92.0 Å². The summed E-state index contributed by atoms with van der Waals surface area (Å²) in [5, 5.41) is 24.5. The van der Waals surface area contributed by atoms with E-state index in [1.807, 2.05) is 42.5 Å². The molecule has 24 heavy (non-hydrogen) atoms. The Balaban J connectivity index is 1.96. The van der Waals surface area contributed by atoms with E-state index in [0.717, 1.165) is 16.3 Å². The maximum atomic E-state index is 11.3. The summed E-state index contributed by atoms with van der Waals surface area (Å²) in [5.74, 6) is 0. The number of nitro benzene ring substituents is 2. The molecular weight excluding hydrogens is 308 g/mol. The minimum Gasteiger partial charge on any atom is -0.258 e. The van der Waals surface area contributed by atoms with Gasteiger partial charge in [0.25, 0.3) is 0 Å². The first-order valence-corrected chi connectivity index (χ1v) is 7.45. The Hall–Kier alpha value is -3.28. The highest BCUT2D eigenvalue weighted by atomic mass is 16.6. The maximum absolute atomic E-state index is 11.3. The number of aryl methyl sites for hydroxylation is 2. The summed E-state index contributed by atoms with van der Waals surface area (Å²) in [7, 11) is 0. The number of benzene rings is 3. The highest BCUT2D eigenvalue weighted by molar-refractivity contribution is 5.85. The summed E-state index contributed by atoms with van der Waals surface area (Å²) in [5.41, 5.74) is 0.564. The molecule has 0 aliphatic rings. The van der Waals surface area contributed by atoms with Crippen LogP contribution in [0.2, 0.25) is 0 Å². The molecule has 0 bridgehead atoms. The van der Waals surface area contributed by atoms with Gasteiger partial charge in [-0.3, -0.25) is 20.2 Å². The number of hydrogen-bond acceptors (Lipinski definition) is 4. The van der Waals surface area contributed by atoms with Crippen molar-refractivity contribution in [1.82, 2.24) is 0 Å². The lowest BCUT2D eigenvalue weighted by atomic mass is 9.97. The first kappa shape index (κ1) is 15.6. The van der Waals surface area contributed by atoms with E-state index >= 15 is 0 Å². The summed E-state index contributed by atoms with van der Waals surface area (Å²) in [6, 6.07) is 18.1. The average Bonchev–Trinajstić information content (AvgIpc) is 2.59. The zero-order valence-corrected chi connectivity index (χ0v) is 12.7. The van der Waals surface area contributed by atoms with E-state index in [0.29, 0.717) is 18.4 Å². The zero-order valence-electron chi connectivity index (χ0n) is 12.7. The minimum atomic E-state index is -0.709. The molecule has 0 saturated heterocycles. The van der Waals surface area contributed by atoms with Crippen LogP contribution in [-0.2, 0) is 12.8 Å². The lowest BCUT2D eigenvalue weighted by Gasteiger charge is -2.07. The Morgan fingerprint density at radius 3 is 2.08 bits per heavy atom. The van der Waals surface area contributed by atoms with E-state index in [1.54, 1.807) is 6.07 Å². The minimum absolute atomic E-state index is 0.367. The van der Waals surface area contributed by atoms with Gasteiger partial charge in [-0.15, -0.1) is 0 Å². The second-order valence-corrected chi connectivity index (χ2v) is 5.44. The van der Waals surface area contributed by atoms with Crippen molar-refractivity contribution in [2.45, 2.75) is 12.8 Å². The number of nitro groups is 2. The molecule has 0 N–H and O–H groups in total.